The second kappa shape index (κ2) is 4.68. The molecule has 0 aliphatic carbocycles. The Balaban J connectivity index is 2.14. The van der Waals surface area contributed by atoms with Crippen molar-refractivity contribution in [3.8, 4) is 0 Å². The van der Waals surface area contributed by atoms with E-state index in [1.807, 2.05) is 42.1 Å². The van der Waals surface area contributed by atoms with E-state index < -0.39 is 0 Å². The van der Waals surface area contributed by atoms with Crippen LogP contribution in [0.2, 0.25) is 5.02 Å². The van der Waals surface area contributed by atoms with Crippen LogP contribution in [0.25, 0.3) is 0 Å². The number of benzene rings is 1. The highest BCUT2D eigenvalue weighted by Gasteiger charge is 2.02. The van der Waals surface area contributed by atoms with Gasteiger partial charge in [-0.15, -0.1) is 0 Å². The smallest absolute Gasteiger partial charge is 0.0815 e. The molecule has 0 amide bonds. The van der Waals surface area contributed by atoms with Crippen LogP contribution in [0.3, 0.4) is 0 Å². The fourth-order valence-corrected chi connectivity index (χ4v) is 1.66. The molecule has 0 unspecified atom stereocenters. The van der Waals surface area contributed by atoms with Crippen LogP contribution < -0.4 is 0 Å². The van der Waals surface area contributed by atoms with Crippen LogP contribution in [0.5, 0.6) is 0 Å². The van der Waals surface area contributed by atoms with Crippen molar-refractivity contribution >= 4 is 11.6 Å². The molecule has 0 radical (unpaired) electrons. The average Bonchev–Trinajstić information content (AvgIpc) is 2.59. The maximum Gasteiger partial charge on any atom is 0.0815 e. The van der Waals surface area contributed by atoms with E-state index in [2.05, 4.69) is 5.10 Å². The Kier molecular flexibility index (Phi) is 3.27. The minimum atomic E-state index is 0.0764. The van der Waals surface area contributed by atoms with E-state index >= 15 is 0 Å². The molecule has 0 saturated heterocycles. The van der Waals surface area contributed by atoms with Crippen LogP contribution in [0.4, 0.5) is 0 Å². The summed E-state index contributed by atoms with van der Waals surface area (Å²) >= 11 is 5.93. The molecular weight excluding hydrogens is 224 g/mol. The second-order valence-corrected chi connectivity index (χ2v) is 4.14. The molecule has 84 valence electrons. The van der Waals surface area contributed by atoms with Gasteiger partial charge in [-0.1, -0.05) is 35.9 Å². The van der Waals surface area contributed by atoms with Gasteiger partial charge in [0.1, 0.15) is 0 Å². The number of aromatic nitrogens is 2. The third-order valence-corrected chi connectivity index (χ3v) is 2.81. The number of hydrogen-bond donors (Lipinski definition) is 1. The summed E-state index contributed by atoms with van der Waals surface area (Å²) in [5.74, 6) is 0. The highest BCUT2D eigenvalue weighted by Crippen LogP contribution is 2.13. The molecule has 1 heterocycles. The van der Waals surface area contributed by atoms with Crippen molar-refractivity contribution in [1.29, 1.82) is 0 Å². The van der Waals surface area contributed by atoms with Gasteiger partial charge in [0.05, 0.1) is 23.9 Å². The van der Waals surface area contributed by atoms with Gasteiger partial charge in [-0.3, -0.25) is 4.68 Å². The van der Waals surface area contributed by atoms with E-state index in [9.17, 15) is 0 Å². The molecule has 1 aromatic heterocycles. The zero-order chi connectivity index (χ0) is 11.5. The number of aliphatic hydroxyl groups excluding tert-OH is 1. The summed E-state index contributed by atoms with van der Waals surface area (Å²) in [5, 5.41) is 13.9. The van der Waals surface area contributed by atoms with Crippen LogP contribution in [-0.2, 0) is 13.2 Å². The predicted molar refractivity (Wildman–Crippen MR) is 63.4 cm³/mol. The molecule has 0 spiro atoms. The standard InChI is InChI=1S/C12H13ClN2O/c1-9-12(13)7-15(14-9)6-10-2-4-11(8-16)5-3-10/h2-5,7,16H,6,8H2,1H3. The van der Waals surface area contributed by atoms with Crippen molar-refractivity contribution in [1.82, 2.24) is 9.78 Å². The first-order valence-electron chi connectivity index (χ1n) is 5.07. The minimum Gasteiger partial charge on any atom is -0.392 e. The molecule has 0 fully saturated rings. The lowest BCUT2D eigenvalue weighted by molar-refractivity contribution is 0.282. The SMILES string of the molecule is Cc1nn(Cc2ccc(CO)cc2)cc1Cl. The number of aliphatic hydroxyl groups is 1. The summed E-state index contributed by atoms with van der Waals surface area (Å²) in [6.45, 7) is 2.65. The minimum absolute atomic E-state index is 0.0764. The molecule has 0 aliphatic rings. The third kappa shape index (κ3) is 2.43. The third-order valence-electron chi connectivity index (χ3n) is 2.44. The zero-order valence-corrected chi connectivity index (χ0v) is 9.78. The number of halogens is 1. The van der Waals surface area contributed by atoms with E-state index in [4.69, 9.17) is 16.7 Å². The van der Waals surface area contributed by atoms with Gasteiger partial charge in [0.2, 0.25) is 0 Å². The van der Waals surface area contributed by atoms with Gasteiger partial charge in [-0.05, 0) is 18.1 Å². The molecule has 0 saturated carbocycles. The maximum atomic E-state index is 8.92. The predicted octanol–water partition coefficient (Wildman–Crippen LogP) is 2.39. The molecule has 16 heavy (non-hydrogen) atoms. The first kappa shape index (κ1) is 11.2. The summed E-state index contributed by atoms with van der Waals surface area (Å²) in [6.07, 6.45) is 1.82. The van der Waals surface area contributed by atoms with Crippen molar-refractivity contribution in [3.05, 3.63) is 52.3 Å². The maximum absolute atomic E-state index is 8.92. The van der Waals surface area contributed by atoms with Gasteiger partial charge in [0, 0.05) is 6.20 Å². The summed E-state index contributed by atoms with van der Waals surface area (Å²) in [5.41, 5.74) is 2.89. The fourth-order valence-electron chi connectivity index (χ4n) is 1.51. The van der Waals surface area contributed by atoms with Crippen molar-refractivity contribution in [3.63, 3.8) is 0 Å². The lowest BCUT2D eigenvalue weighted by Crippen LogP contribution is -2.00. The van der Waals surface area contributed by atoms with E-state index in [0.29, 0.717) is 11.6 Å². The number of hydrogen-bond acceptors (Lipinski definition) is 2. The van der Waals surface area contributed by atoms with E-state index in [0.717, 1.165) is 16.8 Å². The Morgan fingerprint density at radius 2 is 1.88 bits per heavy atom. The number of rotatable bonds is 3. The largest absolute Gasteiger partial charge is 0.392 e. The van der Waals surface area contributed by atoms with Gasteiger partial charge < -0.3 is 5.11 Å². The fraction of sp³-hybridized carbons (Fsp3) is 0.250. The Morgan fingerprint density at radius 1 is 1.25 bits per heavy atom. The summed E-state index contributed by atoms with van der Waals surface area (Å²) in [7, 11) is 0. The summed E-state index contributed by atoms with van der Waals surface area (Å²) < 4.78 is 1.81. The molecule has 2 rings (SSSR count). The molecule has 0 bridgehead atoms. The first-order chi connectivity index (χ1) is 7.69. The highest BCUT2D eigenvalue weighted by atomic mass is 35.5. The summed E-state index contributed by atoms with van der Waals surface area (Å²) in [6, 6.07) is 7.79. The monoisotopic (exact) mass is 236 g/mol. The molecule has 2 aromatic rings. The van der Waals surface area contributed by atoms with Gasteiger partial charge >= 0.3 is 0 Å². The van der Waals surface area contributed by atoms with Crippen molar-refractivity contribution in [2.45, 2.75) is 20.1 Å². The average molecular weight is 237 g/mol. The number of nitrogens with zero attached hydrogens (tertiary/aromatic N) is 2. The van der Waals surface area contributed by atoms with Crippen LogP contribution in [0, 0.1) is 6.92 Å². The zero-order valence-electron chi connectivity index (χ0n) is 9.02. The van der Waals surface area contributed by atoms with Crippen LogP contribution in [0.15, 0.2) is 30.5 Å². The van der Waals surface area contributed by atoms with E-state index in [1.54, 1.807) is 0 Å². The van der Waals surface area contributed by atoms with E-state index in [-0.39, 0.29) is 6.61 Å². The number of aryl methyl sites for hydroxylation is 1. The molecular formula is C12H13ClN2O. The lowest BCUT2D eigenvalue weighted by Gasteiger charge is -2.02. The normalized spacial score (nSPS) is 10.7. The quantitative estimate of drug-likeness (QED) is 0.889. The molecule has 0 aliphatic heterocycles. The second-order valence-electron chi connectivity index (χ2n) is 3.73. The Labute approximate surface area is 99.3 Å². The van der Waals surface area contributed by atoms with Gasteiger partial charge in [-0.25, -0.2) is 0 Å². The highest BCUT2D eigenvalue weighted by molar-refractivity contribution is 6.31. The summed E-state index contributed by atoms with van der Waals surface area (Å²) in [4.78, 5) is 0. The van der Waals surface area contributed by atoms with E-state index in [1.165, 1.54) is 0 Å². The lowest BCUT2D eigenvalue weighted by atomic mass is 10.1. The van der Waals surface area contributed by atoms with Crippen molar-refractivity contribution in [2.75, 3.05) is 0 Å². The van der Waals surface area contributed by atoms with Gasteiger partial charge in [-0.2, -0.15) is 5.10 Å². The van der Waals surface area contributed by atoms with Crippen LogP contribution in [0.1, 0.15) is 16.8 Å². The van der Waals surface area contributed by atoms with Crippen molar-refractivity contribution in [2.24, 2.45) is 0 Å². The first-order valence-corrected chi connectivity index (χ1v) is 5.45. The molecule has 1 aromatic carbocycles. The van der Waals surface area contributed by atoms with Crippen LogP contribution >= 0.6 is 11.6 Å². The Morgan fingerprint density at radius 3 is 2.38 bits per heavy atom. The van der Waals surface area contributed by atoms with Crippen LogP contribution in [-0.4, -0.2) is 14.9 Å². The van der Waals surface area contributed by atoms with Gasteiger partial charge in [0.15, 0.2) is 0 Å². The Hall–Kier alpha value is -1.32. The molecule has 1 N–H and O–H groups in total. The van der Waals surface area contributed by atoms with Gasteiger partial charge in [0.25, 0.3) is 0 Å². The van der Waals surface area contributed by atoms with Crippen molar-refractivity contribution < 1.29 is 5.11 Å². The Bertz CT molecular complexity index is 457. The molecule has 3 nitrogen and oxygen atoms in total. The topological polar surface area (TPSA) is 38.0 Å². The molecule has 4 heteroatoms. The molecule has 0 atom stereocenters.